The maximum atomic E-state index is 13.8. The van der Waals surface area contributed by atoms with Crippen LogP contribution < -0.4 is 11.3 Å². The molecule has 108 valence electrons. The molecule has 1 aromatic carbocycles. The Balaban J connectivity index is 2.80. The first-order chi connectivity index (χ1) is 9.13. The third kappa shape index (κ3) is 4.75. The van der Waals surface area contributed by atoms with E-state index in [2.05, 4.69) is 19.3 Å². The lowest BCUT2D eigenvalue weighted by Crippen LogP contribution is -2.42. The van der Waals surface area contributed by atoms with Crippen molar-refractivity contribution in [2.75, 3.05) is 0 Å². The molecule has 0 aliphatic heterocycles. The monoisotopic (exact) mass is 286 g/mol. The lowest BCUT2D eigenvalue weighted by Gasteiger charge is -2.26. The zero-order valence-electron chi connectivity index (χ0n) is 11.8. The minimum absolute atomic E-state index is 0.0611. The van der Waals surface area contributed by atoms with Gasteiger partial charge in [0.1, 0.15) is 5.82 Å². The standard InChI is InChI=1S/C15H24ClFN2/c1-3-5-7-11(4-2)15(19-18)10-12-13(16)8-6-9-14(12)17/h6,8-9,11,15,19H,3-5,7,10,18H2,1-2H3. The van der Waals surface area contributed by atoms with Gasteiger partial charge >= 0.3 is 0 Å². The predicted octanol–water partition coefficient (Wildman–Crippen LogP) is 4.07. The number of nitrogens with one attached hydrogen (secondary N) is 1. The summed E-state index contributed by atoms with van der Waals surface area (Å²) in [6, 6.07) is 4.86. The van der Waals surface area contributed by atoms with Crippen LogP contribution in [-0.2, 0) is 6.42 Å². The second kappa shape index (κ2) is 8.51. The summed E-state index contributed by atoms with van der Waals surface area (Å²) in [5.74, 6) is 5.85. The number of hydrogen-bond donors (Lipinski definition) is 2. The molecule has 0 bridgehead atoms. The largest absolute Gasteiger partial charge is 0.271 e. The SMILES string of the molecule is CCCCC(CC)C(Cc1c(F)cccc1Cl)NN. The molecular formula is C15H24ClFN2. The number of rotatable bonds is 8. The number of benzene rings is 1. The van der Waals surface area contributed by atoms with E-state index >= 15 is 0 Å². The molecule has 1 aromatic rings. The highest BCUT2D eigenvalue weighted by molar-refractivity contribution is 6.31. The van der Waals surface area contributed by atoms with Gasteiger partial charge in [0, 0.05) is 16.6 Å². The summed E-state index contributed by atoms with van der Waals surface area (Å²) >= 11 is 6.07. The molecule has 3 N–H and O–H groups in total. The van der Waals surface area contributed by atoms with E-state index in [1.54, 1.807) is 12.1 Å². The fourth-order valence-electron chi connectivity index (χ4n) is 2.47. The van der Waals surface area contributed by atoms with Crippen LogP contribution in [0, 0.1) is 11.7 Å². The number of hydrazine groups is 1. The Hall–Kier alpha value is -0.640. The molecule has 0 fully saturated rings. The van der Waals surface area contributed by atoms with Crippen molar-refractivity contribution in [3.8, 4) is 0 Å². The van der Waals surface area contributed by atoms with Crippen LogP contribution in [0.3, 0.4) is 0 Å². The molecule has 2 unspecified atom stereocenters. The van der Waals surface area contributed by atoms with Crippen LogP contribution in [0.15, 0.2) is 18.2 Å². The molecule has 0 radical (unpaired) electrons. The van der Waals surface area contributed by atoms with Gasteiger partial charge in [-0.3, -0.25) is 11.3 Å². The summed E-state index contributed by atoms with van der Waals surface area (Å²) in [5, 5.41) is 0.477. The molecular weight excluding hydrogens is 263 g/mol. The molecule has 2 atom stereocenters. The van der Waals surface area contributed by atoms with E-state index in [-0.39, 0.29) is 11.9 Å². The lowest BCUT2D eigenvalue weighted by molar-refractivity contribution is 0.316. The summed E-state index contributed by atoms with van der Waals surface area (Å²) in [6.45, 7) is 4.32. The van der Waals surface area contributed by atoms with Gasteiger partial charge < -0.3 is 0 Å². The van der Waals surface area contributed by atoms with Crippen molar-refractivity contribution in [3.63, 3.8) is 0 Å². The summed E-state index contributed by atoms with van der Waals surface area (Å²) in [4.78, 5) is 0. The quantitative estimate of drug-likeness (QED) is 0.558. The van der Waals surface area contributed by atoms with Crippen molar-refractivity contribution in [1.29, 1.82) is 0 Å². The molecule has 19 heavy (non-hydrogen) atoms. The van der Waals surface area contributed by atoms with Crippen LogP contribution in [0.2, 0.25) is 5.02 Å². The number of halogens is 2. The molecule has 0 aromatic heterocycles. The third-order valence-electron chi connectivity index (χ3n) is 3.72. The van der Waals surface area contributed by atoms with Gasteiger partial charge in [0.15, 0.2) is 0 Å². The van der Waals surface area contributed by atoms with Crippen LogP contribution in [0.25, 0.3) is 0 Å². The summed E-state index contributed by atoms with van der Waals surface area (Å²) in [6.07, 6.45) is 5.00. The first-order valence-electron chi connectivity index (χ1n) is 7.03. The van der Waals surface area contributed by atoms with Crippen molar-refractivity contribution in [2.24, 2.45) is 11.8 Å². The predicted molar refractivity (Wildman–Crippen MR) is 79.5 cm³/mol. The fourth-order valence-corrected chi connectivity index (χ4v) is 2.71. The molecule has 0 heterocycles. The van der Waals surface area contributed by atoms with Gasteiger partial charge in [0.25, 0.3) is 0 Å². The maximum absolute atomic E-state index is 13.8. The molecule has 0 aliphatic rings. The van der Waals surface area contributed by atoms with Crippen LogP contribution in [0.5, 0.6) is 0 Å². The smallest absolute Gasteiger partial charge is 0.127 e. The van der Waals surface area contributed by atoms with Crippen molar-refractivity contribution in [1.82, 2.24) is 5.43 Å². The van der Waals surface area contributed by atoms with Gasteiger partial charge in [-0.2, -0.15) is 0 Å². The molecule has 4 heteroatoms. The molecule has 0 saturated heterocycles. The highest BCUT2D eigenvalue weighted by Crippen LogP contribution is 2.25. The molecule has 0 aliphatic carbocycles. The molecule has 0 amide bonds. The Morgan fingerprint density at radius 2 is 2.11 bits per heavy atom. The summed E-state index contributed by atoms with van der Waals surface area (Å²) in [5.41, 5.74) is 3.40. The topological polar surface area (TPSA) is 38.0 Å². The van der Waals surface area contributed by atoms with Crippen LogP contribution in [0.4, 0.5) is 4.39 Å². The van der Waals surface area contributed by atoms with Gasteiger partial charge in [-0.15, -0.1) is 0 Å². The van der Waals surface area contributed by atoms with E-state index < -0.39 is 0 Å². The van der Waals surface area contributed by atoms with Crippen LogP contribution in [0.1, 0.15) is 45.1 Å². The Bertz CT molecular complexity index is 364. The Labute approximate surface area is 120 Å². The van der Waals surface area contributed by atoms with E-state index in [9.17, 15) is 4.39 Å². The zero-order chi connectivity index (χ0) is 14.3. The number of nitrogens with two attached hydrogens (primary N) is 1. The van der Waals surface area contributed by atoms with Crippen molar-refractivity contribution in [3.05, 3.63) is 34.6 Å². The van der Waals surface area contributed by atoms with Crippen molar-refractivity contribution < 1.29 is 4.39 Å². The highest BCUT2D eigenvalue weighted by Gasteiger charge is 2.21. The normalized spacial score (nSPS) is 14.4. The Morgan fingerprint density at radius 1 is 1.37 bits per heavy atom. The van der Waals surface area contributed by atoms with E-state index in [1.807, 2.05) is 0 Å². The van der Waals surface area contributed by atoms with Gasteiger partial charge in [-0.05, 0) is 30.9 Å². The van der Waals surface area contributed by atoms with Crippen molar-refractivity contribution >= 4 is 11.6 Å². The fraction of sp³-hybridized carbons (Fsp3) is 0.600. The van der Waals surface area contributed by atoms with E-state index in [0.29, 0.717) is 22.9 Å². The van der Waals surface area contributed by atoms with Gasteiger partial charge in [0.05, 0.1) is 0 Å². The summed E-state index contributed by atoms with van der Waals surface area (Å²) in [7, 11) is 0. The van der Waals surface area contributed by atoms with Crippen LogP contribution in [-0.4, -0.2) is 6.04 Å². The first kappa shape index (κ1) is 16.4. The van der Waals surface area contributed by atoms with Gasteiger partial charge in [-0.1, -0.05) is 50.8 Å². The lowest BCUT2D eigenvalue weighted by atomic mass is 9.87. The number of hydrogen-bond acceptors (Lipinski definition) is 2. The minimum Gasteiger partial charge on any atom is -0.271 e. The molecule has 0 spiro atoms. The maximum Gasteiger partial charge on any atom is 0.127 e. The Morgan fingerprint density at radius 3 is 2.63 bits per heavy atom. The van der Waals surface area contributed by atoms with E-state index in [1.165, 1.54) is 12.5 Å². The van der Waals surface area contributed by atoms with E-state index in [0.717, 1.165) is 19.3 Å². The first-order valence-corrected chi connectivity index (χ1v) is 7.40. The van der Waals surface area contributed by atoms with Gasteiger partial charge in [0.2, 0.25) is 0 Å². The minimum atomic E-state index is -0.252. The molecule has 2 nitrogen and oxygen atoms in total. The van der Waals surface area contributed by atoms with Crippen LogP contribution >= 0.6 is 11.6 Å². The zero-order valence-corrected chi connectivity index (χ0v) is 12.5. The number of unbranched alkanes of at least 4 members (excludes halogenated alkanes) is 1. The summed E-state index contributed by atoms with van der Waals surface area (Å²) < 4.78 is 13.8. The average Bonchev–Trinajstić information content (AvgIpc) is 2.41. The molecule has 1 rings (SSSR count). The third-order valence-corrected chi connectivity index (χ3v) is 4.08. The second-order valence-electron chi connectivity index (χ2n) is 4.99. The second-order valence-corrected chi connectivity index (χ2v) is 5.40. The molecule has 0 saturated carbocycles. The highest BCUT2D eigenvalue weighted by atomic mass is 35.5. The Kier molecular flexibility index (Phi) is 7.36. The van der Waals surface area contributed by atoms with Crippen molar-refractivity contribution in [2.45, 2.75) is 52.0 Å². The van der Waals surface area contributed by atoms with Gasteiger partial charge in [-0.25, -0.2) is 4.39 Å². The average molecular weight is 287 g/mol. The van der Waals surface area contributed by atoms with E-state index in [4.69, 9.17) is 17.4 Å².